The highest BCUT2D eigenvalue weighted by Crippen LogP contribution is 2.29. The lowest BCUT2D eigenvalue weighted by molar-refractivity contribution is 0.173. The van der Waals surface area contributed by atoms with Crippen LogP contribution in [0.25, 0.3) is 33.4 Å². The molecule has 35 heavy (non-hydrogen) atoms. The Morgan fingerprint density at radius 1 is 0.914 bits per heavy atom. The zero-order valence-electron chi connectivity index (χ0n) is 20.5. The number of benzene rings is 3. The van der Waals surface area contributed by atoms with E-state index in [0.717, 1.165) is 23.2 Å². The van der Waals surface area contributed by atoms with Crippen molar-refractivity contribution in [3.8, 4) is 28.3 Å². The molecular formula is C29H33N3O3. The predicted molar refractivity (Wildman–Crippen MR) is 142 cm³/mol. The molecule has 5 rings (SSSR count). The highest BCUT2D eigenvalue weighted by atomic mass is 16.5. The van der Waals surface area contributed by atoms with Gasteiger partial charge in [-0.05, 0) is 61.3 Å². The lowest BCUT2D eigenvalue weighted by atomic mass is 10.0. The molecule has 1 N–H and O–H groups in total. The first kappa shape index (κ1) is 24.6. The number of para-hydroxylation sites is 1. The maximum Gasteiger partial charge on any atom is 0.261 e. The van der Waals surface area contributed by atoms with Crippen LogP contribution in [0.15, 0.2) is 77.6 Å². The van der Waals surface area contributed by atoms with Crippen molar-refractivity contribution in [2.75, 3.05) is 33.4 Å². The summed E-state index contributed by atoms with van der Waals surface area (Å²) in [6, 6.07) is 23.4. The van der Waals surface area contributed by atoms with E-state index in [1.165, 1.54) is 32.4 Å². The Hall–Kier alpha value is -3.48. The summed E-state index contributed by atoms with van der Waals surface area (Å²) >= 11 is 0. The summed E-state index contributed by atoms with van der Waals surface area (Å²) in [4.78, 5) is 20.0. The first-order chi connectivity index (χ1) is 17.1. The molecule has 2 heterocycles. The molecule has 0 bridgehead atoms. The van der Waals surface area contributed by atoms with Crippen LogP contribution >= 0.6 is 0 Å². The summed E-state index contributed by atoms with van der Waals surface area (Å²) in [5.74, 6) is 1.28. The van der Waals surface area contributed by atoms with Crippen LogP contribution in [0.4, 0.5) is 0 Å². The Morgan fingerprint density at radius 3 is 2.34 bits per heavy atom. The molecule has 0 aliphatic carbocycles. The molecule has 0 atom stereocenters. The van der Waals surface area contributed by atoms with Crippen LogP contribution in [0.3, 0.4) is 0 Å². The number of hydrogen-bond acceptors (Lipinski definition) is 5. The predicted octanol–water partition coefficient (Wildman–Crippen LogP) is 4.74. The molecule has 0 amide bonds. The minimum absolute atomic E-state index is 0.0753. The molecule has 1 aliphatic rings. The van der Waals surface area contributed by atoms with Crippen molar-refractivity contribution in [2.24, 2.45) is 7.05 Å². The fourth-order valence-electron chi connectivity index (χ4n) is 4.48. The van der Waals surface area contributed by atoms with Crippen molar-refractivity contribution in [3.63, 3.8) is 0 Å². The Bertz CT molecular complexity index is 1310. The number of methoxy groups -OCH3 is 1. The third-order valence-corrected chi connectivity index (χ3v) is 6.40. The Kier molecular flexibility index (Phi) is 8.29. The van der Waals surface area contributed by atoms with Gasteiger partial charge in [0.1, 0.15) is 11.6 Å². The monoisotopic (exact) mass is 471 g/mol. The molecule has 4 aromatic rings. The molecule has 6 nitrogen and oxygen atoms in total. The number of nitrogens with zero attached hydrogens (tertiary/aromatic N) is 3. The number of hydrogen-bond donors (Lipinski definition) is 1. The van der Waals surface area contributed by atoms with Crippen LogP contribution in [0.5, 0.6) is 5.75 Å². The Balaban J connectivity index is 0.000000271. The topological polar surface area (TPSA) is 67.6 Å². The molecular weight excluding hydrogens is 438 g/mol. The molecule has 1 saturated heterocycles. The highest BCUT2D eigenvalue weighted by molar-refractivity contribution is 5.85. The van der Waals surface area contributed by atoms with Crippen LogP contribution < -0.4 is 10.3 Å². The second-order valence-electron chi connectivity index (χ2n) is 8.72. The second kappa shape index (κ2) is 11.8. The van der Waals surface area contributed by atoms with E-state index >= 15 is 0 Å². The maximum atomic E-state index is 13.0. The third kappa shape index (κ3) is 5.78. The maximum absolute atomic E-state index is 13.0. The molecule has 0 spiro atoms. The van der Waals surface area contributed by atoms with E-state index in [-0.39, 0.29) is 5.56 Å². The van der Waals surface area contributed by atoms with Gasteiger partial charge < -0.3 is 14.7 Å². The summed E-state index contributed by atoms with van der Waals surface area (Å²) in [5.41, 5.74) is 3.47. The summed E-state index contributed by atoms with van der Waals surface area (Å²) < 4.78 is 7.01. The molecule has 3 aromatic carbocycles. The van der Waals surface area contributed by atoms with E-state index in [0.29, 0.717) is 29.1 Å². The smallest absolute Gasteiger partial charge is 0.261 e. The number of likely N-dealkylation sites (tertiary alicyclic amines) is 1. The van der Waals surface area contributed by atoms with Gasteiger partial charge in [0.15, 0.2) is 0 Å². The highest BCUT2D eigenvalue weighted by Gasteiger charge is 2.14. The minimum atomic E-state index is -0.0753. The first-order valence-electron chi connectivity index (χ1n) is 12.1. The van der Waals surface area contributed by atoms with Gasteiger partial charge in [0.05, 0.1) is 30.2 Å². The summed E-state index contributed by atoms with van der Waals surface area (Å²) in [6.07, 6.45) is 4.02. The fraction of sp³-hybridized carbons (Fsp3) is 0.310. The van der Waals surface area contributed by atoms with Crippen LogP contribution in [0.2, 0.25) is 0 Å². The quantitative estimate of drug-likeness (QED) is 0.455. The van der Waals surface area contributed by atoms with Gasteiger partial charge >= 0.3 is 0 Å². The van der Waals surface area contributed by atoms with Gasteiger partial charge in [-0.1, -0.05) is 55.0 Å². The molecule has 0 unspecified atom stereocenters. The number of fused-ring (bicyclic) bond motifs is 1. The Labute approximate surface area is 206 Å². The fourth-order valence-corrected chi connectivity index (χ4v) is 4.48. The van der Waals surface area contributed by atoms with Gasteiger partial charge in [-0.15, -0.1) is 0 Å². The zero-order chi connectivity index (χ0) is 24.6. The third-order valence-electron chi connectivity index (χ3n) is 6.40. The van der Waals surface area contributed by atoms with E-state index in [1.54, 1.807) is 18.7 Å². The number of aliphatic hydroxyl groups is 1. The Morgan fingerprint density at radius 2 is 1.63 bits per heavy atom. The molecule has 182 valence electrons. The van der Waals surface area contributed by atoms with E-state index in [2.05, 4.69) is 4.90 Å². The number of rotatable bonds is 5. The van der Waals surface area contributed by atoms with E-state index in [4.69, 9.17) is 14.8 Å². The van der Waals surface area contributed by atoms with Gasteiger partial charge in [0, 0.05) is 13.6 Å². The average molecular weight is 472 g/mol. The lowest BCUT2D eigenvalue weighted by Gasteiger charge is -2.25. The average Bonchev–Trinajstić information content (AvgIpc) is 2.92. The van der Waals surface area contributed by atoms with Crippen molar-refractivity contribution < 1.29 is 9.84 Å². The van der Waals surface area contributed by atoms with Crippen LogP contribution in [-0.4, -0.2) is 52.9 Å². The van der Waals surface area contributed by atoms with Gasteiger partial charge in [0.2, 0.25) is 0 Å². The molecule has 0 saturated carbocycles. The standard InChI is InChI=1S/C22H18N2O2.C7H15NO/c1-24-21(17-10-6-7-11-20(17)26-2)23-19-13-12-16(14-18(19)22(24)25)15-8-4-3-5-9-15;9-7-6-8-4-2-1-3-5-8/h3-14H,1-2H3;9H,1-7H2. The molecule has 6 heteroatoms. The van der Waals surface area contributed by atoms with Crippen molar-refractivity contribution in [2.45, 2.75) is 19.3 Å². The van der Waals surface area contributed by atoms with E-state index in [1.807, 2.05) is 72.8 Å². The summed E-state index contributed by atoms with van der Waals surface area (Å²) in [5, 5.41) is 9.18. The normalized spacial score (nSPS) is 13.8. The van der Waals surface area contributed by atoms with Crippen LogP contribution in [0, 0.1) is 0 Å². The van der Waals surface area contributed by atoms with Crippen LogP contribution in [0.1, 0.15) is 19.3 Å². The molecule has 1 aromatic heterocycles. The van der Waals surface area contributed by atoms with Gasteiger partial charge in [-0.25, -0.2) is 4.98 Å². The summed E-state index contributed by atoms with van der Waals surface area (Å²) in [7, 11) is 3.36. The number of β-amino-alcohol motifs (C(OH)–C–C–N with tert-alkyl or cyclic N) is 1. The molecule has 0 radical (unpaired) electrons. The second-order valence-corrected chi connectivity index (χ2v) is 8.72. The van der Waals surface area contributed by atoms with Gasteiger partial charge in [0.25, 0.3) is 5.56 Å². The van der Waals surface area contributed by atoms with Crippen LogP contribution in [-0.2, 0) is 7.05 Å². The van der Waals surface area contributed by atoms with Crippen molar-refractivity contribution >= 4 is 10.9 Å². The zero-order valence-corrected chi connectivity index (χ0v) is 20.5. The lowest BCUT2D eigenvalue weighted by Crippen LogP contribution is -2.31. The number of ether oxygens (including phenoxy) is 1. The summed E-state index contributed by atoms with van der Waals surface area (Å²) in [6.45, 7) is 3.58. The van der Waals surface area contributed by atoms with E-state index < -0.39 is 0 Å². The largest absolute Gasteiger partial charge is 0.496 e. The van der Waals surface area contributed by atoms with Crippen molar-refractivity contribution in [3.05, 3.63) is 83.2 Å². The molecule has 1 fully saturated rings. The van der Waals surface area contributed by atoms with E-state index in [9.17, 15) is 4.79 Å². The molecule has 1 aliphatic heterocycles. The number of aromatic nitrogens is 2. The number of piperidine rings is 1. The van der Waals surface area contributed by atoms with Gasteiger partial charge in [-0.3, -0.25) is 9.36 Å². The SMILES string of the molecule is COc1ccccc1-c1nc2ccc(-c3ccccc3)cc2c(=O)n1C.OCCN1CCCCC1. The van der Waals surface area contributed by atoms with Crippen molar-refractivity contribution in [1.29, 1.82) is 0 Å². The van der Waals surface area contributed by atoms with Crippen molar-refractivity contribution in [1.82, 2.24) is 14.5 Å². The number of aliphatic hydroxyl groups excluding tert-OH is 1. The minimum Gasteiger partial charge on any atom is -0.496 e. The van der Waals surface area contributed by atoms with Gasteiger partial charge in [-0.2, -0.15) is 0 Å². The first-order valence-corrected chi connectivity index (χ1v) is 12.1.